The molecule has 2 N–H and O–H groups in total. The van der Waals surface area contributed by atoms with Gasteiger partial charge in [-0.3, -0.25) is 0 Å². The molecule has 0 aromatic rings. The summed E-state index contributed by atoms with van der Waals surface area (Å²) in [5, 5.41) is 11.9. The molecule has 0 aromatic carbocycles. The van der Waals surface area contributed by atoms with Gasteiger partial charge >= 0.3 is 0 Å². The van der Waals surface area contributed by atoms with E-state index >= 15 is 0 Å². The largest absolute Gasteiger partial charge is 0.396 e. The Morgan fingerprint density at radius 1 is 1.43 bits per heavy atom. The predicted molar refractivity (Wildman–Crippen MR) is 57.3 cm³/mol. The van der Waals surface area contributed by atoms with Gasteiger partial charge in [0.05, 0.1) is 6.61 Å². The average Bonchev–Trinajstić information content (AvgIpc) is 2.69. The Bertz CT molecular complexity index is 135. The molecule has 1 rings (SSSR count). The third kappa shape index (κ3) is 4.40. The molecule has 1 unspecified atom stereocenters. The van der Waals surface area contributed by atoms with Gasteiger partial charge in [-0.15, -0.1) is 0 Å². The fourth-order valence-corrected chi connectivity index (χ4v) is 2.02. The van der Waals surface area contributed by atoms with Crippen molar-refractivity contribution in [3.05, 3.63) is 0 Å². The molecular weight excluding hydrogens is 178 g/mol. The lowest BCUT2D eigenvalue weighted by Crippen LogP contribution is -2.31. The topological polar surface area (TPSA) is 41.5 Å². The zero-order valence-corrected chi connectivity index (χ0v) is 9.17. The van der Waals surface area contributed by atoms with E-state index in [9.17, 15) is 0 Å². The average molecular weight is 201 g/mol. The van der Waals surface area contributed by atoms with Crippen LogP contribution in [-0.2, 0) is 4.74 Å². The third-order valence-corrected chi connectivity index (χ3v) is 3.03. The normalized spacial score (nSPS) is 20.1. The van der Waals surface area contributed by atoms with Crippen molar-refractivity contribution in [2.24, 2.45) is 5.92 Å². The van der Waals surface area contributed by atoms with E-state index < -0.39 is 0 Å². The molecule has 0 aromatic heterocycles. The van der Waals surface area contributed by atoms with Gasteiger partial charge in [0.25, 0.3) is 0 Å². The Kier molecular flexibility index (Phi) is 6.15. The molecule has 1 atom stereocenters. The molecule has 0 aliphatic heterocycles. The lowest BCUT2D eigenvalue weighted by Gasteiger charge is -2.16. The van der Waals surface area contributed by atoms with Crippen LogP contribution >= 0.6 is 0 Å². The Balaban J connectivity index is 2.00. The van der Waals surface area contributed by atoms with Crippen LogP contribution in [0, 0.1) is 5.92 Å². The van der Waals surface area contributed by atoms with Crippen LogP contribution in [0.1, 0.15) is 32.1 Å². The first-order chi connectivity index (χ1) is 6.86. The SMILES string of the molecule is CNC(CCO)COCC1CCCC1. The minimum atomic E-state index is 0.234. The first kappa shape index (κ1) is 12.0. The minimum absolute atomic E-state index is 0.234. The van der Waals surface area contributed by atoms with Gasteiger partial charge in [0.2, 0.25) is 0 Å². The van der Waals surface area contributed by atoms with E-state index in [1.54, 1.807) is 0 Å². The van der Waals surface area contributed by atoms with Gasteiger partial charge in [-0.25, -0.2) is 0 Å². The van der Waals surface area contributed by atoms with Gasteiger partial charge in [-0.05, 0) is 32.2 Å². The van der Waals surface area contributed by atoms with Gasteiger partial charge in [0.1, 0.15) is 0 Å². The van der Waals surface area contributed by atoms with E-state index in [0.29, 0.717) is 6.04 Å². The number of ether oxygens (including phenoxy) is 1. The maximum atomic E-state index is 8.78. The summed E-state index contributed by atoms with van der Waals surface area (Å²) in [6.45, 7) is 1.87. The molecule has 1 saturated carbocycles. The highest BCUT2D eigenvalue weighted by Crippen LogP contribution is 2.24. The second-order valence-corrected chi connectivity index (χ2v) is 4.19. The van der Waals surface area contributed by atoms with E-state index in [4.69, 9.17) is 9.84 Å². The van der Waals surface area contributed by atoms with Crippen molar-refractivity contribution < 1.29 is 9.84 Å². The monoisotopic (exact) mass is 201 g/mol. The van der Waals surface area contributed by atoms with E-state index in [-0.39, 0.29) is 6.61 Å². The highest BCUT2D eigenvalue weighted by molar-refractivity contribution is 4.68. The highest BCUT2D eigenvalue weighted by Gasteiger charge is 2.15. The van der Waals surface area contributed by atoms with Crippen LogP contribution < -0.4 is 5.32 Å². The maximum Gasteiger partial charge on any atom is 0.0620 e. The summed E-state index contributed by atoms with van der Waals surface area (Å²) in [6.07, 6.45) is 6.20. The van der Waals surface area contributed by atoms with Crippen molar-refractivity contribution in [1.82, 2.24) is 5.32 Å². The summed E-state index contributed by atoms with van der Waals surface area (Å²) in [6, 6.07) is 0.307. The molecule has 1 aliphatic rings. The lowest BCUT2D eigenvalue weighted by atomic mass is 10.1. The van der Waals surface area contributed by atoms with Crippen molar-refractivity contribution in [1.29, 1.82) is 0 Å². The number of nitrogens with one attached hydrogen (secondary N) is 1. The predicted octanol–water partition coefficient (Wildman–Crippen LogP) is 1.16. The molecule has 1 fully saturated rings. The van der Waals surface area contributed by atoms with Crippen molar-refractivity contribution in [2.75, 3.05) is 26.9 Å². The van der Waals surface area contributed by atoms with Gasteiger partial charge in [0.15, 0.2) is 0 Å². The van der Waals surface area contributed by atoms with E-state index in [2.05, 4.69) is 5.32 Å². The summed E-state index contributed by atoms with van der Waals surface area (Å²) in [5.74, 6) is 0.793. The smallest absolute Gasteiger partial charge is 0.0620 e. The molecule has 1 aliphatic carbocycles. The number of hydrogen-bond donors (Lipinski definition) is 2. The minimum Gasteiger partial charge on any atom is -0.396 e. The zero-order chi connectivity index (χ0) is 10.2. The van der Waals surface area contributed by atoms with Crippen LogP contribution in [0.4, 0.5) is 0 Å². The molecular formula is C11H23NO2. The molecule has 3 heteroatoms. The zero-order valence-electron chi connectivity index (χ0n) is 9.17. The summed E-state index contributed by atoms with van der Waals surface area (Å²) in [7, 11) is 1.92. The van der Waals surface area contributed by atoms with Gasteiger partial charge in [-0.1, -0.05) is 12.8 Å². The maximum absolute atomic E-state index is 8.78. The summed E-state index contributed by atoms with van der Waals surface area (Å²) < 4.78 is 5.65. The lowest BCUT2D eigenvalue weighted by molar-refractivity contribution is 0.0780. The summed E-state index contributed by atoms with van der Waals surface area (Å²) in [4.78, 5) is 0. The first-order valence-electron chi connectivity index (χ1n) is 5.72. The molecule has 0 bridgehead atoms. The Morgan fingerprint density at radius 3 is 2.71 bits per heavy atom. The third-order valence-electron chi connectivity index (χ3n) is 3.03. The molecule has 0 amide bonds. The molecule has 0 spiro atoms. The number of hydrogen-bond acceptors (Lipinski definition) is 3. The van der Waals surface area contributed by atoms with Crippen LogP contribution in [0.25, 0.3) is 0 Å². The van der Waals surface area contributed by atoms with Crippen LogP contribution in [-0.4, -0.2) is 38.0 Å². The number of likely N-dealkylation sites (N-methyl/N-ethyl adjacent to an activating group) is 1. The van der Waals surface area contributed by atoms with Crippen molar-refractivity contribution in [3.8, 4) is 0 Å². The van der Waals surface area contributed by atoms with Crippen LogP contribution in [0.2, 0.25) is 0 Å². The molecule has 0 radical (unpaired) electrons. The fourth-order valence-electron chi connectivity index (χ4n) is 2.02. The quantitative estimate of drug-likeness (QED) is 0.649. The Labute approximate surface area is 86.8 Å². The van der Waals surface area contributed by atoms with Crippen LogP contribution in [0.15, 0.2) is 0 Å². The number of aliphatic hydroxyl groups excluding tert-OH is 1. The first-order valence-corrected chi connectivity index (χ1v) is 5.72. The second kappa shape index (κ2) is 7.21. The van der Waals surface area contributed by atoms with E-state index in [1.165, 1.54) is 25.7 Å². The van der Waals surface area contributed by atoms with Gasteiger partial charge in [0, 0.05) is 19.3 Å². The molecule has 0 heterocycles. The standard InChI is InChI=1S/C11H23NO2/c1-12-11(6-7-13)9-14-8-10-4-2-3-5-10/h10-13H,2-9H2,1H3. The van der Waals surface area contributed by atoms with E-state index in [1.807, 2.05) is 7.05 Å². The summed E-state index contributed by atoms with van der Waals surface area (Å²) in [5.41, 5.74) is 0. The Morgan fingerprint density at radius 2 is 2.14 bits per heavy atom. The van der Waals surface area contributed by atoms with Crippen molar-refractivity contribution in [3.63, 3.8) is 0 Å². The highest BCUT2D eigenvalue weighted by atomic mass is 16.5. The van der Waals surface area contributed by atoms with E-state index in [0.717, 1.165) is 25.6 Å². The molecule has 84 valence electrons. The van der Waals surface area contributed by atoms with Gasteiger partial charge in [-0.2, -0.15) is 0 Å². The number of rotatable bonds is 7. The van der Waals surface area contributed by atoms with Crippen LogP contribution in [0.5, 0.6) is 0 Å². The fraction of sp³-hybridized carbons (Fsp3) is 1.00. The van der Waals surface area contributed by atoms with Crippen LogP contribution in [0.3, 0.4) is 0 Å². The molecule has 0 saturated heterocycles. The molecule has 14 heavy (non-hydrogen) atoms. The second-order valence-electron chi connectivity index (χ2n) is 4.19. The summed E-state index contributed by atoms with van der Waals surface area (Å²) >= 11 is 0. The Hall–Kier alpha value is -0.120. The van der Waals surface area contributed by atoms with Crippen molar-refractivity contribution >= 4 is 0 Å². The van der Waals surface area contributed by atoms with Gasteiger partial charge < -0.3 is 15.2 Å². The van der Waals surface area contributed by atoms with Crippen molar-refractivity contribution in [2.45, 2.75) is 38.1 Å². The molecule has 3 nitrogen and oxygen atoms in total. The number of aliphatic hydroxyl groups is 1.